The van der Waals surface area contributed by atoms with Gasteiger partial charge in [-0.25, -0.2) is 0 Å². The van der Waals surface area contributed by atoms with Gasteiger partial charge in [0.2, 0.25) is 5.91 Å². The van der Waals surface area contributed by atoms with Crippen LogP contribution < -0.4 is 5.32 Å². The largest absolute Gasteiger partial charge is 0.344 e. The number of nitrogens with one attached hydrogen (secondary N) is 1. The molecule has 1 N–H and O–H groups in total. The van der Waals surface area contributed by atoms with Crippen molar-refractivity contribution in [1.29, 1.82) is 5.26 Å². The first-order chi connectivity index (χ1) is 10.1. The van der Waals surface area contributed by atoms with Gasteiger partial charge in [0.05, 0.1) is 0 Å². The van der Waals surface area contributed by atoms with Crippen LogP contribution in [-0.2, 0) is 9.59 Å². The lowest BCUT2D eigenvalue weighted by Gasteiger charge is -2.27. The van der Waals surface area contributed by atoms with E-state index in [4.69, 9.17) is 5.26 Å². The second kappa shape index (κ2) is 9.38. The lowest BCUT2D eigenvalue weighted by molar-refractivity contribution is -0.133. The zero-order valence-electron chi connectivity index (χ0n) is 13.2. The van der Waals surface area contributed by atoms with Crippen LogP contribution in [0.4, 0.5) is 0 Å². The third-order valence-electron chi connectivity index (χ3n) is 4.17. The van der Waals surface area contributed by atoms with E-state index in [2.05, 4.69) is 5.32 Å². The number of amides is 2. The Hall–Kier alpha value is -1.57. The Kier molecular flexibility index (Phi) is 7.81. The molecule has 1 aliphatic rings. The van der Waals surface area contributed by atoms with Crippen molar-refractivity contribution in [1.82, 2.24) is 10.2 Å². The van der Waals surface area contributed by atoms with Crippen LogP contribution >= 0.6 is 0 Å². The van der Waals surface area contributed by atoms with Crippen molar-refractivity contribution in [3.8, 4) is 6.19 Å². The lowest BCUT2D eigenvalue weighted by atomic mass is 9.84. The van der Waals surface area contributed by atoms with E-state index in [9.17, 15) is 9.59 Å². The fourth-order valence-electron chi connectivity index (χ4n) is 2.86. The summed E-state index contributed by atoms with van der Waals surface area (Å²) in [5.41, 5.74) is 0. The number of nitriles is 1. The molecule has 1 atom stereocenters. The maximum Gasteiger partial charge on any atom is 0.257 e. The minimum absolute atomic E-state index is 0.0858. The number of rotatable bonds is 7. The van der Waals surface area contributed by atoms with E-state index in [-0.39, 0.29) is 11.8 Å². The van der Waals surface area contributed by atoms with Gasteiger partial charge in [-0.3, -0.25) is 14.5 Å². The molecule has 118 valence electrons. The maximum absolute atomic E-state index is 12.2. The molecule has 1 rings (SSSR count). The Balaban J connectivity index is 2.62. The van der Waals surface area contributed by atoms with Gasteiger partial charge in [0.1, 0.15) is 6.04 Å². The first-order valence-electron chi connectivity index (χ1n) is 8.05. The number of carbonyl (C=O) groups is 2. The van der Waals surface area contributed by atoms with Gasteiger partial charge in [-0.2, -0.15) is 5.26 Å². The van der Waals surface area contributed by atoms with Gasteiger partial charge < -0.3 is 5.32 Å². The number of hydrogen-bond donors (Lipinski definition) is 1. The van der Waals surface area contributed by atoms with E-state index in [1.807, 2.05) is 13.1 Å². The van der Waals surface area contributed by atoms with Crippen LogP contribution in [0, 0.1) is 17.4 Å². The SMILES string of the molecule is CCCCC(=O)N[C@@H](CC1CCCCC1)C(=O)N(C)C#N. The summed E-state index contributed by atoms with van der Waals surface area (Å²) in [5.74, 6) is 0.0940. The molecule has 2 amide bonds. The highest BCUT2D eigenvalue weighted by molar-refractivity contribution is 5.88. The van der Waals surface area contributed by atoms with E-state index >= 15 is 0 Å². The number of unbranched alkanes of at least 4 members (excludes halogenated alkanes) is 1. The van der Waals surface area contributed by atoms with Crippen LogP contribution in [0.3, 0.4) is 0 Å². The van der Waals surface area contributed by atoms with E-state index in [1.54, 1.807) is 0 Å². The Bertz CT molecular complexity index is 383. The highest BCUT2D eigenvalue weighted by atomic mass is 16.2. The summed E-state index contributed by atoms with van der Waals surface area (Å²) in [6, 6.07) is -0.554. The van der Waals surface area contributed by atoms with Crippen LogP contribution in [0.5, 0.6) is 0 Å². The summed E-state index contributed by atoms with van der Waals surface area (Å²) in [4.78, 5) is 25.2. The average molecular weight is 293 g/mol. The molecule has 21 heavy (non-hydrogen) atoms. The molecular weight excluding hydrogens is 266 g/mol. The molecule has 0 aliphatic heterocycles. The van der Waals surface area contributed by atoms with Gasteiger partial charge in [0.15, 0.2) is 6.19 Å². The quantitative estimate of drug-likeness (QED) is 0.579. The molecule has 0 aromatic carbocycles. The second-order valence-electron chi connectivity index (χ2n) is 5.96. The fraction of sp³-hybridized carbons (Fsp3) is 0.812. The van der Waals surface area contributed by atoms with Crippen molar-refractivity contribution in [2.45, 2.75) is 70.8 Å². The Morgan fingerprint density at radius 1 is 1.33 bits per heavy atom. The summed E-state index contributed by atoms with van der Waals surface area (Å²) in [5, 5.41) is 11.7. The van der Waals surface area contributed by atoms with Crippen molar-refractivity contribution < 1.29 is 9.59 Å². The summed E-state index contributed by atoms with van der Waals surface area (Å²) in [6.07, 6.45) is 10.6. The molecule has 1 fully saturated rings. The molecular formula is C16H27N3O2. The molecule has 1 aliphatic carbocycles. The van der Waals surface area contributed by atoms with Crippen molar-refractivity contribution in [3.05, 3.63) is 0 Å². The highest BCUT2D eigenvalue weighted by Gasteiger charge is 2.27. The van der Waals surface area contributed by atoms with Crippen LogP contribution in [0.25, 0.3) is 0 Å². The topological polar surface area (TPSA) is 73.2 Å². The lowest BCUT2D eigenvalue weighted by Crippen LogP contribution is -2.47. The van der Waals surface area contributed by atoms with Crippen LogP contribution in [-0.4, -0.2) is 29.8 Å². The van der Waals surface area contributed by atoms with Gasteiger partial charge in [-0.1, -0.05) is 45.4 Å². The van der Waals surface area contributed by atoms with E-state index in [0.29, 0.717) is 18.8 Å². The van der Waals surface area contributed by atoms with Crippen molar-refractivity contribution >= 4 is 11.8 Å². The van der Waals surface area contributed by atoms with Gasteiger partial charge >= 0.3 is 0 Å². The maximum atomic E-state index is 12.2. The summed E-state index contributed by atoms with van der Waals surface area (Å²) in [6.45, 7) is 2.03. The molecule has 5 heteroatoms. The minimum atomic E-state index is -0.554. The summed E-state index contributed by atoms with van der Waals surface area (Å²) >= 11 is 0. The Morgan fingerprint density at radius 3 is 2.57 bits per heavy atom. The van der Waals surface area contributed by atoms with Crippen molar-refractivity contribution in [2.24, 2.45) is 5.92 Å². The van der Waals surface area contributed by atoms with E-state index in [0.717, 1.165) is 30.6 Å². The molecule has 0 bridgehead atoms. The zero-order chi connectivity index (χ0) is 15.7. The first-order valence-corrected chi connectivity index (χ1v) is 8.05. The molecule has 1 saturated carbocycles. The molecule has 0 aromatic rings. The van der Waals surface area contributed by atoms with Crippen molar-refractivity contribution in [2.75, 3.05) is 7.05 Å². The number of hydrogen-bond acceptors (Lipinski definition) is 3. The molecule has 5 nitrogen and oxygen atoms in total. The van der Waals surface area contributed by atoms with Crippen LogP contribution in [0.1, 0.15) is 64.7 Å². The number of nitrogens with zero attached hydrogens (tertiary/aromatic N) is 2. The average Bonchev–Trinajstić information content (AvgIpc) is 2.51. The fourth-order valence-corrected chi connectivity index (χ4v) is 2.86. The molecule has 0 heterocycles. The molecule has 0 spiro atoms. The number of carbonyl (C=O) groups excluding carboxylic acids is 2. The highest BCUT2D eigenvalue weighted by Crippen LogP contribution is 2.27. The van der Waals surface area contributed by atoms with Crippen molar-refractivity contribution in [3.63, 3.8) is 0 Å². The van der Waals surface area contributed by atoms with Gasteiger partial charge in [-0.05, 0) is 18.8 Å². The predicted octanol–water partition coefficient (Wildman–Crippen LogP) is 2.57. The predicted molar refractivity (Wildman–Crippen MR) is 81.0 cm³/mol. The summed E-state index contributed by atoms with van der Waals surface area (Å²) in [7, 11) is 1.45. The monoisotopic (exact) mass is 293 g/mol. The molecule has 0 aromatic heterocycles. The minimum Gasteiger partial charge on any atom is -0.344 e. The molecule has 0 radical (unpaired) electrons. The molecule has 0 unspecified atom stereocenters. The summed E-state index contributed by atoms with van der Waals surface area (Å²) < 4.78 is 0. The number of likely N-dealkylation sites (N-methyl/N-ethyl adjacent to an activating group) is 1. The van der Waals surface area contributed by atoms with Gasteiger partial charge in [-0.15, -0.1) is 0 Å². The third kappa shape index (κ3) is 6.16. The van der Waals surface area contributed by atoms with Gasteiger partial charge in [0.25, 0.3) is 5.91 Å². The normalized spacial score (nSPS) is 16.8. The third-order valence-corrected chi connectivity index (χ3v) is 4.17. The molecule has 0 saturated heterocycles. The van der Waals surface area contributed by atoms with E-state index < -0.39 is 6.04 Å². The van der Waals surface area contributed by atoms with Crippen LogP contribution in [0.2, 0.25) is 0 Å². The zero-order valence-corrected chi connectivity index (χ0v) is 13.2. The first kappa shape index (κ1) is 17.5. The van der Waals surface area contributed by atoms with Crippen LogP contribution in [0.15, 0.2) is 0 Å². The Morgan fingerprint density at radius 2 is 2.00 bits per heavy atom. The van der Waals surface area contributed by atoms with E-state index in [1.165, 1.54) is 26.3 Å². The van der Waals surface area contributed by atoms with Gasteiger partial charge in [0, 0.05) is 13.5 Å². The second-order valence-corrected chi connectivity index (χ2v) is 5.96. The Labute approximate surface area is 127 Å². The smallest absolute Gasteiger partial charge is 0.257 e. The standard InChI is InChI=1S/C16H27N3O2/c1-3-4-10-15(20)18-14(16(21)19(2)12-17)11-13-8-6-5-7-9-13/h13-14H,3-11H2,1-2H3,(H,18,20)/t14-/m0/s1.